The highest BCUT2D eigenvalue weighted by Crippen LogP contribution is 2.34. The van der Waals surface area contributed by atoms with E-state index in [4.69, 9.17) is 4.74 Å². The molecule has 90 valence electrons. The summed E-state index contributed by atoms with van der Waals surface area (Å²) in [7, 11) is 0. The summed E-state index contributed by atoms with van der Waals surface area (Å²) in [5.41, 5.74) is 0. The predicted octanol–water partition coefficient (Wildman–Crippen LogP) is 0.897. The Morgan fingerprint density at radius 2 is 2.31 bits per heavy atom. The summed E-state index contributed by atoms with van der Waals surface area (Å²) in [6.45, 7) is 3.08. The van der Waals surface area contributed by atoms with Gasteiger partial charge in [-0.1, -0.05) is 0 Å². The molecule has 0 aromatic carbocycles. The molecule has 0 unspecified atom stereocenters. The lowest BCUT2D eigenvalue weighted by Crippen LogP contribution is -2.50. The van der Waals surface area contributed by atoms with E-state index in [9.17, 15) is 9.59 Å². The van der Waals surface area contributed by atoms with Gasteiger partial charge in [0.05, 0.1) is 6.61 Å². The Morgan fingerprint density at radius 3 is 3.06 bits per heavy atom. The van der Waals surface area contributed by atoms with Crippen molar-refractivity contribution in [3.8, 4) is 0 Å². The molecular weight excluding hydrogens is 206 g/mol. The first-order valence-corrected chi connectivity index (χ1v) is 6.12. The van der Waals surface area contributed by atoms with Gasteiger partial charge in [-0.05, 0) is 38.1 Å². The first-order chi connectivity index (χ1) is 7.70. The maximum atomic E-state index is 11.6. The van der Waals surface area contributed by atoms with Crippen molar-refractivity contribution < 1.29 is 14.3 Å². The molecule has 1 aliphatic heterocycles. The Kier molecular flexibility index (Phi) is 3.59. The number of fused-ring (bicyclic) bond motifs is 1. The van der Waals surface area contributed by atoms with Gasteiger partial charge in [-0.3, -0.25) is 9.59 Å². The molecule has 0 radical (unpaired) electrons. The van der Waals surface area contributed by atoms with Crippen LogP contribution in [-0.2, 0) is 14.3 Å². The van der Waals surface area contributed by atoms with Crippen LogP contribution in [0.15, 0.2) is 0 Å². The van der Waals surface area contributed by atoms with Gasteiger partial charge < -0.3 is 10.1 Å². The molecule has 0 amide bonds. The van der Waals surface area contributed by atoms with Gasteiger partial charge >= 0.3 is 5.97 Å². The van der Waals surface area contributed by atoms with Crippen LogP contribution in [0.4, 0.5) is 0 Å². The molecule has 2 fully saturated rings. The SMILES string of the molecule is CCOC(=O)[C@@H]1C[C@H]2CC(=O)CC[C@H]2CN1. The molecule has 1 N–H and O–H groups in total. The second-order valence-corrected chi connectivity index (χ2v) is 4.75. The molecule has 1 saturated carbocycles. The van der Waals surface area contributed by atoms with Gasteiger partial charge in [0.25, 0.3) is 0 Å². The van der Waals surface area contributed by atoms with Crippen molar-refractivity contribution in [2.45, 2.75) is 38.6 Å². The molecule has 2 aliphatic rings. The maximum Gasteiger partial charge on any atom is 0.323 e. The summed E-state index contributed by atoms with van der Waals surface area (Å²) in [6, 6.07) is -0.202. The lowest BCUT2D eigenvalue weighted by molar-refractivity contribution is -0.147. The largest absolute Gasteiger partial charge is 0.465 e. The molecule has 0 spiro atoms. The topological polar surface area (TPSA) is 55.4 Å². The predicted molar refractivity (Wildman–Crippen MR) is 58.9 cm³/mol. The van der Waals surface area contributed by atoms with Crippen molar-refractivity contribution in [2.24, 2.45) is 11.8 Å². The second-order valence-electron chi connectivity index (χ2n) is 4.75. The molecule has 1 aliphatic carbocycles. The first kappa shape index (κ1) is 11.6. The highest BCUT2D eigenvalue weighted by atomic mass is 16.5. The zero-order chi connectivity index (χ0) is 11.5. The van der Waals surface area contributed by atoms with E-state index < -0.39 is 0 Å². The van der Waals surface area contributed by atoms with E-state index in [-0.39, 0.29) is 12.0 Å². The van der Waals surface area contributed by atoms with Crippen LogP contribution < -0.4 is 5.32 Å². The molecular formula is C12H19NO3. The lowest BCUT2D eigenvalue weighted by Gasteiger charge is -2.38. The van der Waals surface area contributed by atoms with Crippen LogP contribution in [0.5, 0.6) is 0 Å². The van der Waals surface area contributed by atoms with E-state index in [0.29, 0.717) is 37.1 Å². The summed E-state index contributed by atoms with van der Waals surface area (Å²) < 4.78 is 5.00. The van der Waals surface area contributed by atoms with Crippen molar-refractivity contribution in [2.75, 3.05) is 13.2 Å². The van der Waals surface area contributed by atoms with Crippen LogP contribution >= 0.6 is 0 Å². The molecule has 4 heteroatoms. The number of nitrogens with one attached hydrogen (secondary N) is 1. The molecule has 16 heavy (non-hydrogen) atoms. The number of hydrogen-bond acceptors (Lipinski definition) is 4. The van der Waals surface area contributed by atoms with E-state index in [1.165, 1.54) is 0 Å². The smallest absolute Gasteiger partial charge is 0.323 e. The van der Waals surface area contributed by atoms with Crippen LogP contribution in [0.25, 0.3) is 0 Å². The van der Waals surface area contributed by atoms with Crippen LogP contribution in [0.3, 0.4) is 0 Å². The third-order valence-electron chi connectivity index (χ3n) is 3.69. The average molecular weight is 225 g/mol. The van der Waals surface area contributed by atoms with Crippen molar-refractivity contribution >= 4 is 11.8 Å². The summed E-state index contributed by atoms with van der Waals surface area (Å²) in [5.74, 6) is 1.14. The number of carbonyl (C=O) groups is 2. The Hall–Kier alpha value is -0.900. The number of carbonyl (C=O) groups excluding carboxylic acids is 2. The van der Waals surface area contributed by atoms with Gasteiger partial charge in [-0.15, -0.1) is 0 Å². The summed E-state index contributed by atoms with van der Waals surface area (Å²) in [5, 5.41) is 3.23. The molecule has 1 saturated heterocycles. The highest BCUT2D eigenvalue weighted by Gasteiger charge is 2.37. The monoisotopic (exact) mass is 225 g/mol. The standard InChI is InChI=1S/C12H19NO3/c1-2-16-12(15)11-6-9-5-10(14)4-3-8(9)7-13-11/h8-9,11,13H,2-7H2,1H3/t8-,9+,11-/m0/s1. The lowest BCUT2D eigenvalue weighted by atomic mass is 9.73. The number of hydrogen-bond donors (Lipinski definition) is 1. The van der Waals surface area contributed by atoms with Gasteiger partial charge in [0.2, 0.25) is 0 Å². The average Bonchev–Trinajstić information content (AvgIpc) is 2.28. The number of ketones is 1. The maximum absolute atomic E-state index is 11.6. The van der Waals surface area contributed by atoms with Gasteiger partial charge in [0.15, 0.2) is 0 Å². The van der Waals surface area contributed by atoms with Gasteiger partial charge in [-0.25, -0.2) is 0 Å². The van der Waals surface area contributed by atoms with E-state index >= 15 is 0 Å². The molecule has 0 aromatic heterocycles. The second kappa shape index (κ2) is 4.95. The molecule has 0 bridgehead atoms. The van der Waals surface area contributed by atoms with Crippen molar-refractivity contribution in [3.63, 3.8) is 0 Å². The minimum atomic E-state index is -0.202. The Labute approximate surface area is 95.7 Å². The molecule has 2 rings (SSSR count). The van der Waals surface area contributed by atoms with E-state index in [0.717, 1.165) is 19.4 Å². The minimum Gasteiger partial charge on any atom is -0.465 e. The molecule has 4 nitrogen and oxygen atoms in total. The van der Waals surface area contributed by atoms with Gasteiger partial charge in [0, 0.05) is 12.8 Å². The van der Waals surface area contributed by atoms with Crippen molar-refractivity contribution in [3.05, 3.63) is 0 Å². The third-order valence-corrected chi connectivity index (χ3v) is 3.69. The van der Waals surface area contributed by atoms with Gasteiger partial charge in [0.1, 0.15) is 11.8 Å². The Balaban J connectivity index is 1.92. The number of esters is 1. The third kappa shape index (κ3) is 2.43. The molecule has 0 aromatic rings. The Bertz CT molecular complexity index is 290. The van der Waals surface area contributed by atoms with Crippen LogP contribution in [-0.4, -0.2) is 30.9 Å². The van der Waals surface area contributed by atoms with Gasteiger partial charge in [-0.2, -0.15) is 0 Å². The normalized spacial score (nSPS) is 34.3. The summed E-state index contributed by atoms with van der Waals surface area (Å²) >= 11 is 0. The highest BCUT2D eigenvalue weighted by molar-refractivity contribution is 5.80. The summed E-state index contributed by atoms with van der Waals surface area (Å²) in [4.78, 5) is 23.0. The van der Waals surface area contributed by atoms with Crippen LogP contribution in [0.2, 0.25) is 0 Å². The van der Waals surface area contributed by atoms with Crippen LogP contribution in [0, 0.1) is 11.8 Å². The number of Topliss-reactive ketones (excluding diaryl/α,β-unsaturated/α-hetero) is 1. The van der Waals surface area contributed by atoms with E-state index in [1.807, 2.05) is 6.92 Å². The van der Waals surface area contributed by atoms with Crippen molar-refractivity contribution in [1.29, 1.82) is 0 Å². The number of ether oxygens (including phenoxy) is 1. The fraction of sp³-hybridized carbons (Fsp3) is 0.833. The van der Waals surface area contributed by atoms with E-state index in [1.54, 1.807) is 0 Å². The minimum absolute atomic E-state index is 0.168. The van der Waals surface area contributed by atoms with Crippen molar-refractivity contribution in [1.82, 2.24) is 5.32 Å². The molecule has 1 heterocycles. The van der Waals surface area contributed by atoms with Crippen LogP contribution in [0.1, 0.15) is 32.6 Å². The summed E-state index contributed by atoms with van der Waals surface area (Å²) in [6.07, 6.45) is 3.11. The Morgan fingerprint density at radius 1 is 1.50 bits per heavy atom. The fourth-order valence-electron chi connectivity index (χ4n) is 2.79. The quantitative estimate of drug-likeness (QED) is 0.709. The zero-order valence-corrected chi connectivity index (χ0v) is 9.70. The number of piperidine rings is 1. The first-order valence-electron chi connectivity index (χ1n) is 6.12. The van der Waals surface area contributed by atoms with E-state index in [2.05, 4.69) is 5.32 Å². The fourth-order valence-corrected chi connectivity index (χ4v) is 2.79. The number of rotatable bonds is 2. The zero-order valence-electron chi connectivity index (χ0n) is 9.70. The molecule has 3 atom stereocenters.